The van der Waals surface area contributed by atoms with E-state index in [0.717, 1.165) is 22.4 Å². The molecule has 3 aromatic carbocycles. The van der Waals surface area contributed by atoms with Crippen LogP contribution in [-0.4, -0.2) is 34.5 Å². The third-order valence-corrected chi connectivity index (χ3v) is 6.54. The lowest BCUT2D eigenvalue weighted by Crippen LogP contribution is -2.28. The number of aryl methyl sites for hydroxylation is 2. The Bertz CT molecular complexity index is 1350. The average Bonchev–Trinajstić information content (AvgIpc) is 2.79. The first-order chi connectivity index (χ1) is 15.4. The molecule has 1 atom stereocenters. The van der Waals surface area contributed by atoms with Crippen LogP contribution in [0.25, 0.3) is 16.6 Å². The molecule has 0 aliphatic carbocycles. The van der Waals surface area contributed by atoms with Crippen molar-refractivity contribution in [2.24, 2.45) is 0 Å². The van der Waals surface area contributed by atoms with Gasteiger partial charge in [-0.3, -0.25) is 14.2 Å². The van der Waals surface area contributed by atoms with Gasteiger partial charge in [0, 0.05) is 14.1 Å². The van der Waals surface area contributed by atoms with Crippen LogP contribution in [0, 0.1) is 13.8 Å². The van der Waals surface area contributed by atoms with E-state index in [1.165, 1.54) is 11.8 Å². The molecule has 0 saturated heterocycles. The smallest absolute Gasteiger partial charge is 0.266 e. The number of hydrogen-bond donors (Lipinski definition) is 0. The summed E-state index contributed by atoms with van der Waals surface area (Å²) in [6.07, 6.45) is 0. The number of nitrogens with zero attached hydrogens (tertiary/aromatic N) is 3. The van der Waals surface area contributed by atoms with Crippen LogP contribution in [0.1, 0.15) is 21.9 Å². The number of thioether (sulfide) groups is 1. The zero-order chi connectivity index (χ0) is 22.8. The molecular formula is C26H25N3O2S. The van der Waals surface area contributed by atoms with Crippen molar-refractivity contribution < 1.29 is 4.79 Å². The number of benzene rings is 3. The van der Waals surface area contributed by atoms with E-state index in [1.54, 1.807) is 29.6 Å². The molecule has 0 aliphatic rings. The van der Waals surface area contributed by atoms with Gasteiger partial charge in [0.25, 0.3) is 5.56 Å². The fourth-order valence-electron chi connectivity index (χ4n) is 3.59. The lowest BCUT2D eigenvalue weighted by molar-refractivity contribution is -0.128. The van der Waals surface area contributed by atoms with Gasteiger partial charge in [0.15, 0.2) is 5.16 Å². The van der Waals surface area contributed by atoms with Crippen LogP contribution >= 0.6 is 11.8 Å². The highest BCUT2D eigenvalue weighted by Crippen LogP contribution is 2.37. The maximum atomic E-state index is 13.6. The minimum Gasteiger partial charge on any atom is -0.348 e. The molecule has 162 valence electrons. The molecule has 0 bridgehead atoms. The molecule has 0 saturated carbocycles. The molecule has 1 amide bonds. The van der Waals surface area contributed by atoms with Gasteiger partial charge in [-0.1, -0.05) is 66.4 Å². The number of fused-ring (bicyclic) bond motifs is 1. The van der Waals surface area contributed by atoms with Crippen molar-refractivity contribution in [3.63, 3.8) is 0 Å². The number of amides is 1. The largest absolute Gasteiger partial charge is 0.348 e. The first-order valence-electron chi connectivity index (χ1n) is 10.4. The minimum atomic E-state index is -0.532. The second-order valence-electron chi connectivity index (χ2n) is 7.98. The molecule has 0 N–H and O–H groups in total. The number of carbonyl (C=O) groups is 1. The van der Waals surface area contributed by atoms with E-state index in [-0.39, 0.29) is 11.5 Å². The van der Waals surface area contributed by atoms with Crippen molar-refractivity contribution >= 4 is 28.6 Å². The lowest BCUT2D eigenvalue weighted by Gasteiger charge is -2.22. The van der Waals surface area contributed by atoms with E-state index in [9.17, 15) is 9.59 Å². The third kappa shape index (κ3) is 4.18. The molecule has 4 aromatic rings. The second-order valence-corrected chi connectivity index (χ2v) is 9.06. The number of hydrogen-bond acceptors (Lipinski definition) is 4. The molecule has 0 fully saturated rings. The normalized spacial score (nSPS) is 12.0. The van der Waals surface area contributed by atoms with Gasteiger partial charge in [-0.15, -0.1) is 0 Å². The molecule has 1 unspecified atom stereocenters. The summed E-state index contributed by atoms with van der Waals surface area (Å²) >= 11 is 1.30. The van der Waals surface area contributed by atoms with Gasteiger partial charge in [0.2, 0.25) is 5.91 Å². The Kier molecular flexibility index (Phi) is 6.15. The standard InChI is InChI=1S/C26H25N3O2S/c1-17-14-15-18(2)22(16-17)29-24(30)20-12-8-9-13-21(20)27-26(29)32-23(25(31)28(3)4)19-10-6-5-7-11-19/h5-16,23H,1-4H3. The average molecular weight is 444 g/mol. The Labute approximate surface area is 191 Å². The van der Waals surface area contributed by atoms with E-state index in [4.69, 9.17) is 4.98 Å². The molecule has 5 nitrogen and oxygen atoms in total. The molecule has 6 heteroatoms. The molecule has 0 aliphatic heterocycles. The third-order valence-electron chi connectivity index (χ3n) is 5.34. The van der Waals surface area contributed by atoms with Crippen molar-refractivity contribution in [3.05, 3.63) is 99.8 Å². The minimum absolute atomic E-state index is 0.0591. The highest BCUT2D eigenvalue weighted by atomic mass is 32.2. The van der Waals surface area contributed by atoms with E-state index >= 15 is 0 Å². The molecule has 0 radical (unpaired) electrons. The predicted molar refractivity (Wildman–Crippen MR) is 131 cm³/mol. The van der Waals surface area contributed by atoms with Crippen LogP contribution in [0.15, 0.2) is 82.7 Å². The number of aromatic nitrogens is 2. The van der Waals surface area contributed by atoms with E-state index in [0.29, 0.717) is 16.1 Å². The summed E-state index contributed by atoms with van der Waals surface area (Å²) in [6, 6.07) is 23.0. The summed E-state index contributed by atoms with van der Waals surface area (Å²) in [4.78, 5) is 33.2. The number of rotatable bonds is 5. The Morgan fingerprint density at radius 1 is 0.969 bits per heavy atom. The van der Waals surface area contributed by atoms with Gasteiger partial charge in [0.1, 0.15) is 5.25 Å². The zero-order valence-corrected chi connectivity index (χ0v) is 19.4. The van der Waals surface area contributed by atoms with E-state index < -0.39 is 5.25 Å². The molecule has 4 rings (SSSR count). The zero-order valence-electron chi connectivity index (χ0n) is 18.6. The summed E-state index contributed by atoms with van der Waals surface area (Å²) in [5.74, 6) is -0.0591. The van der Waals surface area contributed by atoms with Gasteiger partial charge < -0.3 is 4.90 Å². The topological polar surface area (TPSA) is 55.2 Å². The Morgan fingerprint density at radius 3 is 2.38 bits per heavy atom. The van der Waals surface area contributed by atoms with Crippen molar-refractivity contribution in [2.45, 2.75) is 24.3 Å². The van der Waals surface area contributed by atoms with Gasteiger partial charge in [0.05, 0.1) is 16.6 Å². The Hall–Kier alpha value is -3.38. The van der Waals surface area contributed by atoms with Crippen LogP contribution in [0.4, 0.5) is 0 Å². The van der Waals surface area contributed by atoms with E-state index in [2.05, 4.69) is 0 Å². The summed E-state index contributed by atoms with van der Waals surface area (Å²) in [5, 5.41) is 0.509. The fourth-order valence-corrected chi connectivity index (χ4v) is 4.85. The lowest BCUT2D eigenvalue weighted by atomic mass is 10.1. The highest BCUT2D eigenvalue weighted by molar-refractivity contribution is 8.00. The van der Waals surface area contributed by atoms with Crippen LogP contribution in [0.5, 0.6) is 0 Å². The maximum Gasteiger partial charge on any atom is 0.266 e. The summed E-state index contributed by atoms with van der Waals surface area (Å²) < 4.78 is 1.65. The van der Waals surface area contributed by atoms with Gasteiger partial charge in [-0.25, -0.2) is 4.98 Å². The first kappa shape index (κ1) is 21.8. The fraction of sp³-hybridized carbons (Fsp3) is 0.192. The van der Waals surface area contributed by atoms with Crippen LogP contribution < -0.4 is 5.56 Å². The molecular weight excluding hydrogens is 418 g/mol. The number of para-hydroxylation sites is 1. The summed E-state index contributed by atoms with van der Waals surface area (Å²) in [7, 11) is 3.48. The molecule has 1 heterocycles. The van der Waals surface area contributed by atoms with Gasteiger partial charge in [-0.05, 0) is 48.7 Å². The number of likely N-dealkylation sites (N-methyl/N-ethyl adjacent to an activating group) is 1. The SMILES string of the molecule is Cc1ccc(C)c(-n2c(SC(C(=O)N(C)C)c3ccccc3)nc3ccccc3c2=O)c1. The van der Waals surface area contributed by atoms with E-state index in [1.807, 2.05) is 80.6 Å². The predicted octanol–water partition coefficient (Wildman–Crippen LogP) is 4.92. The van der Waals surface area contributed by atoms with Gasteiger partial charge in [-0.2, -0.15) is 0 Å². The van der Waals surface area contributed by atoms with Crippen LogP contribution in [0.2, 0.25) is 0 Å². The number of carbonyl (C=O) groups excluding carboxylic acids is 1. The highest BCUT2D eigenvalue weighted by Gasteiger charge is 2.27. The second kappa shape index (κ2) is 9.01. The summed E-state index contributed by atoms with van der Waals surface area (Å²) in [6.45, 7) is 3.97. The molecule has 1 aromatic heterocycles. The molecule has 32 heavy (non-hydrogen) atoms. The van der Waals surface area contributed by atoms with Gasteiger partial charge >= 0.3 is 0 Å². The molecule has 0 spiro atoms. The summed E-state index contributed by atoms with van der Waals surface area (Å²) in [5.41, 5.74) is 4.13. The van der Waals surface area contributed by atoms with Crippen LogP contribution in [-0.2, 0) is 4.79 Å². The van der Waals surface area contributed by atoms with Crippen molar-refractivity contribution in [1.82, 2.24) is 14.5 Å². The first-order valence-corrected chi connectivity index (χ1v) is 11.3. The Balaban J connectivity index is 1.97. The Morgan fingerprint density at radius 2 is 1.66 bits per heavy atom. The monoisotopic (exact) mass is 443 g/mol. The quantitative estimate of drug-likeness (QED) is 0.324. The maximum absolute atomic E-state index is 13.6. The van der Waals surface area contributed by atoms with Crippen molar-refractivity contribution in [1.29, 1.82) is 0 Å². The van der Waals surface area contributed by atoms with Crippen molar-refractivity contribution in [3.8, 4) is 5.69 Å². The van der Waals surface area contributed by atoms with Crippen LogP contribution in [0.3, 0.4) is 0 Å². The van der Waals surface area contributed by atoms with Crippen molar-refractivity contribution in [2.75, 3.05) is 14.1 Å².